The molecule has 0 radical (unpaired) electrons. The molecule has 1 N–H and O–H groups in total. The van der Waals surface area contributed by atoms with Gasteiger partial charge in [0.15, 0.2) is 0 Å². The minimum Gasteiger partial charge on any atom is -0.315 e. The number of piperazine rings is 1. The van der Waals surface area contributed by atoms with Crippen LogP contribution in [0.2, 0.25) is 0 Å². The van der Waals surface area contributed by atoms with Crippen LogP contribution in [0.4, 0.5) is 0 Å². The summed E-state index contributed by atoms with van der Waals surface area (Å²) in [4.78, 5) is 4.58. The second-order valence-corrected chi connectivity index (χ2v) is 8.59. The molecule has 2 rings (SSSR count). The quantitative estimate of drug-likeness (QED) is 0.903. The van der Waals surface area contributed by atoms with Gasteiger partial charge in [-0.2, -0.15) is 4.31 Å². The zero-order chi connectivity index (χ0) is 14.9. The highest BCUT2D eigenvalue weighted by Gasteiger charge is 2.34. The molecule has 0 amide bonds. The molecule has 7 heteroatoms. The Kier molecular flexibility index (Phi) is 4.86. The minimum absolute atomic E-state index is 0.0193. The maximum Gasteiger partial charge on any atom is 0.244 e. The van der Waals surface area contributed by atoms with Crippen molar-refractivity contribution in [3.63, 3.8) is 0 Å². The molecular weight excluding hydrogens is 294 g/mol. The van der Waals surface area contributed by atoms with Crippen molar-refractivity contribution in [3.8, 4) is 0 Å². The first-order valence-electron chi connectivity index (χ1n) is 6.80. The topological polar surface area (TPSA) is 52.7 Å². The van der Waals surface area contributed by atoms with Gasteiger partial charge in [-0.25, -0.2) is 8.42 Å². The van der Waals surface area contributed by atoms with E-state index in [9.17, 15) is 8.42 Å². The number of rotatable bonds is 4. The number of likely N-dealkylation sites (N-methyl/N-ethyl adjacent to an activating group) is 1. The van der Waals surface area contributed by atoms with Gasteiger partial charge in [0, 0.05) is 42.0 Å². The van der Waals surface area contributed by atoms with E-state index in [2.05, 4.69) is 10.2 Å². The molecule has 1 unspecified atom stereocenters. The Labute approximate surface area is 125 Å². The highest BCUT2D eigenvalue weighted by Crippen LogP contribution is 2.30. The second-order valence-electron chi connectivity index (χ2n) is 5.39. The Balaban J connectivity index is 2.30. The number of hydrogen-bond donors (Lipinski definition) is 1. The Morgan fingerprint density at radius 3 is 2.75 bits per heavy atom. The van der Waals surface area contributed by atoms with E-state index in [-0.39, 0.29) is 6.04 Å². The number of thiophene rings is 1. The van der Waals surface area contributed by atoms with Crippen molar-refractivity contribution in [3.05, 3.63) is 15.8 Å². The third-order valence-electron chi connectivity index (χ3n) is 3.63. The molecule has 1 aromatic heterocycles. The number of nitrogens with one attached hydrogen (secondary N) is 1. The van der Waals surface area contributed by atoms with Crippen molar-refractivity contribution < 1.29 is 8.42 Å². The standard InChI is InChI=1S/C13H23N3O2S2/c1-10-9-15(4)5-6-16(10)20(17,18)13-7-12(8-14-3)19-11(13)2/h7,10,14H,5-6,8-9H2,1-4H3. The van der Waals surface area contributed by atoms with Gasteiger partial charge in [-0.3, -0.25) is 0 Å². The van der Waals surface area contributed by atoms with Gasteiger partial charge in [0.1, 0.15) is 0 Å². The molecule has 0 aromatic carbocycles. The predicted molar refractivity (Wildman–Crippen MR) is 82.7 cm³/mol. The van der Waals surface area contributed by atoms with Crippen LogP contribution in [-0.4, -0.2) is 57.4 Å². The van der Waals surface area contributed by atoms with Gasteiger partial charge in [-0.05, 0) is 34.0 Å². The van der Waals surface area contributed by atoms with Crippen LogP contribution in [0, 0.1) is 6.92 Å². The van der Waals surface area contributed by atoms with Crippen LogP contribution in [0.3, 0.4) is 0 Å². The number of nitrogens with zero attached hydrogens (tertiary/aromatic N) is 2. The highest BCUT2D eigenvalue weighted by molar-refractivity contribution is 7.89. The fraction of sp³-hybridized carbons (Fsp3) is 0.692. The van der Waals surface area contributed by atoms with E-state index in [1.54, 1.807) is 15.6 Å². The second kappa shape index (κ2) is 6.11. The Hall–Kier alpha value is -0.470. The minimum atomic E-state index is -3.37. The normalized spacial score (nSPS) is 22.3. The molecule has 5 nitrogen and oxygen atoms in total. The van der Waals surface area contributed by atoms with Crippen molar-refractivity contribution >= 4 is 21.4 Å². The number of hydrogen-bond acceptors (Lipinski definition) is 5. The third-order valence-corrected chi connectivity index (χ3v) is 6.95. The summed E-state index contributed by atoms with van der Waals surface area (Å²) in [6, 6.07) is 1.84. The van der Waals surface area contributed by atoms with Gasteiger partial charge >= 0.3 is 0 Å². The van der Waals surface area contributed by atoms with E-state index in [1.165, 1.54) is 0 Å². The Bertz CT molecular complexity index is 568. The smallest absolute Gasteiger partial charge is 0.244 e. The average molecular weight is 317 g/mol. The van der Waals surface area contributed by atoms with Gasteiger partial charge in [-0.1, -0.05) is 0 Å². The fourth-order valence-corrected chi connectivity index (χ4v) is 5.88. The maximum atomic E-state index is 12.8. The number of sulfonamides is 1. The van der Waals surface area contributed by atoms with E-state index in [4.69, 9.17) is 0 Å². The van der Waals surface area contributed by atoms with E-state index < -0.39 is 10.0 Å². The molecule has 0 bridgehead atoms. The molecule has 114 valence electrons. The first-order valence-corrected chi connectivity index (χ1v) is 9.06. The lowest BCUT2D eigenvalue weighted by Gasteiger charge is -2.37. The van der Waals surface area contributed by atoms with Crippen LogP contribution in [-0.2, 0) is 16.6 Å². The van der Waals surface area contributed by atoms with Crippen molar-refractivity contribution in [2.45, 2.75) is 31.3 Å². The van der Waals surface area contributed by atoms with Gasteiger partial charge in [0.2, 0.25) is 10.0 Å². The SMILES string of the molecule is CNCc1cc(S(=O)(=O)N2CCN(C)CC2C)c(C)s1. The monoisotopic (exact) mass is 317 g/mol. The van der Waals surface area contributed by atoms with Crippen molar-refractivity contribution in [2.24, 2.45) is 0 Å². The summed E-state index contributed by atoms with van der Waals surface area (Å²) >= 11 is 1.55. The molecule has 1 fully saturated rings. The molecule has 1 aliphatic heterocycles. The molecule has 1 aliphatic rings. The van der Waals surface area contributed by atoms with Crippen LogP contribution in [0.15, 0.2) is 11.0 Å². The zero-order valence-corrected chi connectivity index (χ0v) is 14.1. The summed E-state index contributed by atoms with van der Waals surface area (Å²) < 4.78 is 27.3. The van der Waals surface area contributed by atoms with Crippen LogP contribution >= 0.6 is 11.3 Å². The van der Waals surface area contributed by atoms with Crippen molar-refractivity contribution in [2.75, 3.05) is 33.7 Å². The Morgan fingerprint density at radius 2 is 2.15 bits per heavy atom. The largest absolute Gasteiger partial charge is 0.315 e. The van der Waals surface area contributed by atoms with Crippen LogP contribution < -0.4 is 5.32 Å². The maximum absolute atomic E-state index is 12.8. The molecule has 1 atom stereocenters. The van der Waals surface area contributed by atoms with Gasteiger partial charge in [0.25, 0.3) is 0 Å². The lowest BCUT2D eigenvalue weighted by molar-refractivity contribution is 0.170. The van der Waals surface area contributed by atoms with Crippen molar-refractivity contribution in [1.29, 1.82) is 0 Å². The Morgan fingerprint density at radius 1 is 1.45 bits per heavy atom. The average Bonchev–Trinajstić information content (AvgIpc) is 2.71. The summed E-state index contributed by atoms with van der Waals surface area (Å²) in [5.74, 6) is 0. The third kappa shape index (κ3) is 3.07. The molecule has 0 saturated carbocycles. The van der Waals surface area contributed by atoms with Crippen LogP contribution in [0.1, 0.15) is 16.7 Å². The first kappa shape index (κ1) is 15.9. The van der Waals surface area contributed by atoms with Gasteiger partial charge < -0.3 is 10.2 Å². The molecular formula is C13H23N3O2S2. The lowest BCUT2D eigenvalue weighted by Crippen LogP contribution is -2.52. The summed E-state index contributed by atoms with van der Waals surface area (Å²) in [5, 5.41) is 3.07. The van der Waals surface area contributed by atoms with Crippen molar-refractivity contribution in [1.82, 2.24) is 14.5 Å². The summed E-state index contributed by atoms with van der Waals surface area (Å²) in [5.41, 5.74) is 0. The van der Waals surface area contributed by atoms with Crippen LogP contribution in [0.5, 0.6) is 0 Å². The molecule has 2 heterocycles. The number of aryl methyl sites for hydroxylation is 1. The van der Waals surface area contributed by atoms with Gasteiger partial charge in [0.05, 0.1) is 4.90 Å². The zero-order valence-electron chi connectivity index (χ0n) is 12.5. The summed E-state index contributed by atoms with van der Waals surface area (Å²) in [6.45, 7) is 6.71. The first-order chi connectivity index (χ1) is 9.36. The molecule has 1 saturated heterocycles. The van der Waals surface area contributed by atoms with E-state index >= 15 is 0 Å². The molecule has 20 heavy (non-hydrogen) atoms. The van der Waals surface area contributed by atoms with E-state index in [0.717, 1.165) is 22.8 Å². The highest BCUT2D eigenvalue weighted by atomic mass is 32.2. The van der Waals surface area contributed by atoms with E-state index in [0.29, 0.717) is 18.0 Å². The lowest BCUT2D eigenvalue weighted by atomic mass is 10.2. The molecule has 0 aliphatic carbocycles. The van der Waals surface area contributed by atoms with E-state index in [1.807, 2.05) is 34.0 Å². The van der Waals surface area contributed by atoms with Gasteiger partial charge in [-0.15, -0.1) is 11.3 Å². The fourth-order valence-electron chi connectivity index (χ4n) is 2.65. The summed E-state index contributed by atoms with van der Waals surface area (Å²) in [6.07, 6.45) is 0. The predicted octanol–water partition coefficient (Wildman–Crippen LogP) is 1.10. The van der Waals surface area contributed by atoms with Crippen LogP contribution in [0.25, 0.3) is 0 Å². The summed E-state index contributed by atoms with van der Waals surface area (Å²) in [7, 11) is 0.522. The molecule has 1 aromatic rings. The molecule has 0 spiro atoms.